The maximum Gasteiger partial charge on any atom is 0.416 e. The van der Waals surface area contributed by atoms with Gasteiger partial charge < -0.3 is 68.6 Å². The molecule has 0 radical (unpaired) electrons. The summed E-state index contributed by atoms with van der Waals surface area (Å²) in [5.74, 6) is 3.47. The average molecular weight is 1010 g/mol. The number of anilines is 1. The van der Waals surface area contributed by atoms with Crippen LogP contribution in [0.25, 0.3) is 0 Å². The number of carbonyl (C=O) groups is 5. The number of amides is 3. The molecule has 0 bridgehead atoms. The van der Waals surface area contributed by atoms with E-state index in [1.54, 1.807) is 36.2 Å². The fourth-order valence-corrected chi connectivity index (χ4v) is 9.47. The summed E-state index contributed by atoms with van der Waals surface area (Å²) in [5, 5.41) is 52.5. The van der Waals surface area contributed by atoms with Crippen molar-refractivity contribution in [2.24, 2.45) is 10.9 Å². The lowest BCUT2D eigenvalue weighted by Crippen LogP contribution is -2.61. The van der Waals surface area contributed by atoms with Crippen molar-refractivity contribution < 1.29 is 82.8 Å². The number of aliphatic hydroxyl groups excluding tert-OH is 4. The Balaban J connectivity index is 0.941. The van der Waals surface area contributed by atoms with Gasteiger partial charge in [-0.3, -0.25) is 19.4 Å². The van der Waals surface area contributed by atoms with Crippen molar-refractivity contribution in [1.29, 1.82) is 0 Å². The number of carboxylic acid groups (broad SMARTS) is 1. The van der Waals surface area contributed by atoms with E-state index >= 15 is 0 Å². The van der Waals surface area contributed by atoms with Crippen molar-refractivity contribution in [3.63, 3.8) is 0 Å². The topological polar surface area (TPSA) is 299 Å². The molecule has 8 atom stereocenters. The summed E-state index contributed by atoms with van der Waals surface area (Å²) < 4.78 is 34.7. The first-order chi connectivity index (χ1) is 35.0. The van der Waals surface area contributed by atoms with Crippen molar-refractivity contribution in [2.75, 3.05) is 44.9 Å². The number of carboxylic acids is 1. The summed E-state index contributed by atoms with van der Waals surface area (Å²) in [4.78, 5) is 80.4. The van der Waals surface area contributed by atoms with Crippen LogP contribution in [0.3, 0.4) is 0 Å². The Hall–Kier alpha value is -6.92. The van der Waals surface area contributed by atoms with Crippen molar-refractivity contribution >= 4 is 47.2 Å². The van der Waals surface area contributed by atoms with Gasteiger partial charge >= 0.3 is 12.1 Å². The van der Waals surface area contributed by atoms with Crippen molar-refractivity contribution in [1.82, 2.24) is 9.80 Å². The lowest BCUT2D eigenvalue weighted by atomic mass is 9.98. The van der Waals surface area contributed by atoms with E-state index in [0.717, 1.165) is 10.5 Å². The standard InChI is InChI=1S/C51H59N5O17/c1-26-15-30-22-53-34-20-41(40(67-4)19-31(34)46(61)54(30)23-26)69-13-7-5-6-12-68-39-21-35-32(17-28(39)3)47(62)55-24-27(2)16-36(55)48(63)56(35)51(66)70-25-29-10-11-38(33(18-29)37(57)9-8-14-71-52)72-50-44(60)42(58)43(59)45(73-50)49(64)65/h10-11,17-22,30,36,42-45,48,50,58-60,63H,1-2,5-9,12-16,23-25,52H2,3-4H3,(H,64,65)/t30-,36-,42-,43-,44+,45-,48?,50+/m0/s1. The number of rotatable bonds is 19. The number of nitrogens with two attached hydrogens (primary N) is 1. The number of carbonyl (C=O) groups excluding carboxylic acids is 4. The molecule has 7 N–H and O–H groups in total. The summed E-state index contributed by atoms with van der Waals surface area (Å²) in [5.41, 5.74) is 3.51. The van der Waals surface area contributed by atoms with Crippen LogP contribution in [0.5, 0.6) is 23.0 Å². The first kappa shape index (κ1) is 52.4. The molecule has 0 aromatic heterocycles. The third-order valence-electron chi connectivity index (χ3n) is 13.3. The molecule has 3 saturated heterocycles. The molecule has 3 aromatic rings. The van der Waals surface area contributed by atoms with Crippen LogP contribution in [0, 0.1) is 6.92 Å². The van der Waals surface area contributed by atoms with Crippen LogP contribution in [-0.4, -0.2) is 160 Å². The maximum absolute atomic E-state index is 14.3. The first-order valence-electron chi connectivity index (χ1n) is 23.8. The SMILES string of the molecule is C=C1C[C@H]2C=Nc3cc(OCCCCCOc4cc5c(cc4C)C(=O)N4CC(=C)C[C@H]4C(O)N5C(=O)OCc4ccc(O[C@@H]5O[C@H](C(=O)O)[C@@H](O)[C@H](O)[C@H]5O)c(C(=O)CCCON)c4)c(OC)cc3C(=O)N2C1. The Labute approximate surface area is 419 Å². The highest BCUT2D eigenvalue weighted by molar-refractivity contribution is 6.06. The number of aliphatic carboxylic acids is 1. The van der Waals surface area contributed by atoms with Crippen molar-refractivity contribution in [2.45, 2.75) is 107 Å². The number of aliphatic imine (C=N–C) groups is 1. The zero-order valence-corrected chi connectivity index (χ0v) is 40.3. The van der Waals surface area contributed by atoms with Crippen LogP contribution in [0.15, 0.2) is 71.8 Å². The van der Waals surface area contributed by atoms with E-state index in [9.17, 15) is 49.5 Å². The molecular weight excluding hydrogens is 955 g/mol. The summed E-state index contributed by atoms with van der Waals surface area (Å²) in [6.45, 7) is 10.6. The largest absolute Gasteiger partial charge is 0.493 e. The zero-order chi connectivity index (χ0) is 52.2. The van der Waals surface area contributed by atoms with E-state index in [0.29, 0.717) is 78.5 Å². The molecule has 0 aliphatic carbocycles. The van der Waals surface area contributed by atoms with E-state index < -0.39 is 73.3 Å². The number of benzene rings is 3. The van der Waals surface area contributed by atoms with Gasteiger partial charge in [-0.15, -0.1) is 0 Å². The van der Waals surface area contributed by atoms with E-state index in [4.69, 9.17) is 34.3 Å². The predicted octanol–water partition coefficient (Wildman–Crippen LogP) is 3.49. The van der Waals surface area contributed by atoms with Crippen LogP contribution in [0.1, 0.15) is 87.1 Å². The molecule has 3 fully saturated rings. The Morgan fingerprint density at radius 3 is 2.25 bits per heavy atom. The number of aryl methyl sites for hydroxylation is 1. The number of nitrogens with zero attached hydrogens (tertiary/aromatic N) is 4. The fraction of sp³-hybridized carbons (Fsp3) is 0.451. The van der Waals surface area contributed by atoms with E-state index in [1.807, 2.05) is 0 Å². The third-order valence-corrected chi connectivity index (χ3v) is 13.3. The molecular formula is C51H59N5O17. The number of methoxy groups -OCH3 is 1. The smallest absolute Gasteiger partial charge is 0.416 e. The second kappa shape index (κ2) is 22.5. The number of ketones is 1. The van der Waals surface area contributed by atoms with Gasteiger partial charge in [0, 0.05) is 37.9 Å². The second-order valence-electron chi connectivity index (χ2n) is 18.5. The Kier molecular flexibility index (Phi) is 16.1. The number of ether oxygens (including phenoxy) is 6. The monoisotopic (exact) mass is 1010 g/mol. The van der Waals surface area contributed by atoms with Crippen molar-refractivity contribution in [3.8, 4) is 23.0 Å². The first-order valence-corrected chi connectivity index (χ1v) is 23.8. The molecule has 3 aromatic carbocycles. The molecule has 5 aliphatic rings. The second-order valence-corrected chi connectivity index (χ2v) is 18.5. The highest BCUT2D eigenvalue weighted by Gasteiger charge is 2.49. The number of aliphatic hydroxyl groups is 4. The molecule has 390 valence electrons. The number of Topliss-reactive ketones (excluding diaryl/α,β-unsaturated/α-hetero) is 1. The molecule has 0 saturated carbocycles. The van der Waals surface area contributed by atoms with Crippen LogP contribution in [-0.2, 0) is 25.7 Å². The third kappa shape index (κ3) is 11.1. The molecule has 73 heavy (non-hydrogen) atoms. The number of hydrogen-bond acceptors (Lipinski definition) is 18. The molecule has 5 aliphatic heterocycles. The van der Waals surface area contributed by atoms with Gasteiger partial charge in [-0.05, 0) is 80.8 Å². The lowest BCUT2D eigenvalue weighted by Gasteiger charge is -2.38. The van der Waals surface area contributed by atoms with Gasteiger partial charge in [-0.25, -0.2) is 20.4 Å². The Morgan fingerprint density at radius 1 is 0.808 bits per heavy atom. The molecule has 0 spiro atoms. The van der Waals surface area contributed by atoms with Gasteiger partial charge in [0.25, 0.3) is 11.8 Å². The van der Waals surface area contributed by atoms with Crippen LogP contribution in [0.4, 0.5) is 16.2 Å². The van der Waals surface area contributed by atoms with Gasteiger partial charge in [0.15, 0.2) is 29.6 Å². The maximum atomic E-state index is 14.3. The van der Waals surface area contributed by atoms with Gasteiger partial charge in [0.2, 0.25) is 6.29 Å². The molecule has 8 rings (SSSR count). The van der Waals surface area contributed by atoms with Gasteiger partial charge in [-0.1, -0.05) is 30.4 Å². The minimum atomic E-state index is -1.98. The Bertz CT molecular complexity index is 2690. The highest BCUT2D eigenvalue weighted by atomic mass is 16.7. The predicted molar refractivity (Wildman–Crippen MR) is 258 cm³/mol. The number of fused-ring (bicyclic) bond motifs is 4. The fourth-order valence-electron chi connectivity index (χ4n) is 9.47. The van der Waals surface area contributed by atoms with Crippen LogP contribution < -0.4 is 29.7 Å². The van der Waals surface area contributed by atoms with Gasteiger partial charge in [0.1, 0.15) is 36.4 Å². The Morgan fingerprint density at radius 2 is 1.52 bits per heavy atom. The minimum absolute atomic E-state index is 0.0248. The van der Waals surface area contributed by atoms with Crippen molar-refractivity contribution in [3.05, 3.63) is 94.6 Å². The number of unbranched alkanes of at least 4 members (excludes halogenated alkanes) is 2. The molecule has 22 heteroatoms. The normalized spacial score (nSPS) is 24.3. The lowest BCUT2D eigenvalue weighted by molar-refractivity contribution is -0.271. The van der Waals surface area contributed by atoms with E-state index in [1.165, 1.54) is 36.3 Å². The van der Waals surface area contributed by atoms with Gasteiger partial charge in [-0.2, -0.15) is 0 Å². The quantitative estimate of drug-likeness (QED) is 0.0433. The summed E-state index contributed by atoms with van der Waals surface area (Å²) in [6, 6.07) is 9.54. The number of hydrogen-bond donors (Lipinski definition) is 6. The average Bonchev–Trinajstić information content (AvgIpc) is 3.91. The molecule has 22 nitrogen and oxygen atoms in total. The van der Waals surface area contributed by atoms with Gasteiger partial charge in [0.05, 0.1) is 67.1 Å². The molecule has 1 unspecified atom stereocenters. The molecule has 3 amide bonds. The summed E-state index contributed by atoms with van der Waals surface area (Å²) in [6.07, 6.45) is -7.62. The summed E-state index contributed by atoms with van der Waals surface area (Å²) in [7, 11) is 1.51. The zero-order valence-electron chi connectivity index (χ0n) is 40.3. The highest BCUT2D eigenvalue weighted by Crippen LogP contribution is 2.41. The van der Waals surface area contributed by atoms with E-state index in [2.05, 4.69) is 23.0 Å². The molecule has 5 heterocycles. The summed E-state index contributed by atoms with van der Waals surface area (Å²) >= 11 is 0. The van der Waals surface area contributed by atoms with Crippen LogP contribution in [0.2, 0.25) is 0 Å². The minimum Gasteiger partial charge on any atom is -0.493 e. The van der Waals surface area contributed by atoms with E-state index in [-0.39, 0.29) is 79.1 Å². The van der Waals surface area contributed by atoms with Crippen LogP contribution >= 0.6 is 0 Å².